The fourth-order valence-corrected chi connectivity index (χ4v) is 6.17. The molecule has 2 amide bonds. The number of hydrogen-bond acceptors (Lipinski definition) is 3. The first-order valence-electron chi connectivity index (χ1n) is 11.2. The lowest BCUT2D eigenvalue weighted by atomic mass is 9.75. The van der Waals surface area contributed by atoms with Crippen molar-refractivity contribution in [3.63, 3.8) is 0 Å². The average molecular weight is 400 g/mol. The Labute approximate surface area is 171 Å². The minimum absolute atomic E-state index is 0.0913. The summed E-state index contributed by atoms with van der Waals surface area (Å²) in [7, 11) is 0. The first-order chi connectivity index (χ1) is 14.1. The van der Waals surface area contributed by atoms with Crippen molar-refractivity contribution >= 4 is 11.8 Å². The zero-order valence-corrected chi connectivity index (χ0v) is 16.9. The number of fused-ring (bicyclic) bond motifs is 2. The van der Waals surface area contributed by atoms with E-state index < -0.39 is 0 Å². The van der Waals surface area contributed by atoms with Gasteiger partial charge in [-0.1, -0.05) is 18.6 Å². The largest absolute Gasteiger partial charge is 0.336 e. The summed E-state index contributed by atoms with van der Waals surface area (Å²) in [5.41, 5.74) is 1.12. The Kier molecular flexibility index (Phi) is 5.06. The van der Waals surface area contributed by atoms with Crippen molar-refractivity contribution in [1.29, 1.82) is 0 Å². The highest BCUT2D eigenvalue weighted by Crippen LogP contribution is 2.46. The molecule has 0 aromatic heterocycles. The summed E-state index contributed by atoms with van der Waals surface area (Å²) in [6.07, 6.45) is 5.83. The molecule has 2 bridgehead atoms. The van der Waals surface area contributed by atoms with E-state index in [1.807, 2.05) is 12.1 Å². The topological polar surface area (TPSA) is 43.9 Å². The Morgan fingerprint density at radius 1 is 1.00 bits per heavy atom. The molecule has 1 aromatic carbocycles. The molecule has 0 aliphatic carbocycles. The van der Waals surface area contributed by atoms with Crippen LogP contribution in [-0.4, -0.2) is 71.3 Å². The Bertz CT molecular complexity index is 775. The number of nitrogens with zero attached hydrogens (tertiary/aromatic N) is 3. The van der Waals surface area contributed by atoms with Crippen molar-refractivity contribution < 1.29 is 14.0 Å². The minimum atomic E-state index is -0.221. The zero-order chi connectivity index (χ0) is 20.0. The fraction of sp³-hybridized carbons (Fsp3) is 0.652. The van der Waals surface area contributed by atoms with Crippen LogP contribution in [0, 0.1) is 11.7 Å². The second-order valence-corrected chi connectivity index (χ2v) is 9.18. The van der Waals surface area contributed by atoms with Crippen LogP contribution >= 0.6 is 0 Å². The second-order valence-electron chi connectivity index (χ2n) is 9.18. The molecule has 0 unspecified atom stereocenters. The lowest BCUT2D eigenvalue weighted by molar-refractivity contribution is -0.143. The molecular weight excluding hydrogens is 369 g/mol. The predicted molar refractivity (Wildman–Crippen MR) is 108 cm³/mol. The van der Waals surface area contributed by atoms with Gasteiger partial charge in [0.2, 0.25) is 11.8 Å². The molecule has 0 radical (unpaired) electrons. The molecule has 156 valence electrons. The van der Waals surface area contributed by atoms with Crippen molar-refractivity contribution in [2.75, 3.05) is 32.7 Å². The molecule has 0 saturated carbocycles. The molecule has 6 heteroatoms. The molecule has 5 heterocycles. The lowest BCUT2D eigenvalue weighted by Gasteiger charge is -2.51. The summed E-state index contributed by atoms with van der Waals surface area (Å²) in [5.74, 6) is 0.748. The van der Waals surface area contributed by atoms with Gasteiger partial charge in [-0.05, 0) is 62.4 Å². The third kappa shape index (κ3) is 3.45. The maximum absolute atomic E-state index is 13.5. The Hall–Kier alpha value is -1.95. The van der Waals surface area contributed by atoms with Gasteiger partial charge >= 0.3 is 0 Å². The molecule has 5 aliphatic rings. The van der Waals surface area contributed by atoms with Crippen LogP contribution in [-0.2, 0) is 9.59 Å². The molecule has 0 N–H and O–H groups in total. The van der Waals surface area contributed by atoms with Crippen LogP contribution in [0.25, 0.3) is 0 Å². The first-order valence-corrected chi connectivity index (χ1v) is 11.2. The fourth-order valence-electron chi connectivity index (χ4n) is 6.17. The quantitative estimate of drug-likeness (QED) is 0.785. The summed E-state index contributed by atoms with van der Waals surface area (Å²) < 4.78 is 13.5. The van der Waals surface area contributed by atoms with Crippen LogP contribution in [0.2, 0.25) is 0 Å². The van der Waals surface area contributed by atoms with Gasteiger partial charge in [-0.25, -0.2) is 4.39 Å². The van der Waals surface area contributed by atoms with Gasteiger partial charge in [-0.3, -0.25) is 14.5 Å². The maximum atomic E-state index is 13.5. The highest BCUT2D eigenvalue weighted by atomic mass is 19.1. The van der Waals surface area contributed by atoms with E-state index in [1.54, 1.807) is 4.90 Å². The SMILES string of the molecule is O=C1CCCCCN1CC(=O)N1C[C@@H](c2ccc(F)cc2)[C@@H]2[C@H]1C1CCN2CC1. The van der Waals surface area contributed by atoms with E-state index in [2.05, 4.69) is 9.80 Å². The number of carbonyl (C=O) groups is 2. The smallest absolute Gasteiger partial charge is 0.242 e. The minimum Gasteiger partial charge on any atom is -0.336 e. The third-order valence-corrected chi connectivity index (χ3v) is 7.61. The average Bonchev–Trinajstić information content (AvgIpc) is 3.06. The van der Waals surface area contributed by atoms with Gasteiger partial charge in [0.15, 0.2) is 0 Å². The number of hydrogen-bond donors (Lipinski definition) is 0. The van der Waals surface area contributed by atoms with Gasteiger partial charge < -0.3 is 9.80 Å². The predicted octanol–water partition coefficient (Wildman–Crippen LogP) is 2.62. The second kappa shape index (κ2) is 7.71. The Morgan fingerprint density at radius 2 is 1.76 bits per heavy atom. The van der Waals surface area contributed by atoms with E-state index >= 15 is 0 Å². The van der Waals surface area contributed by atoms with Crippen molar-refractivity contribution in [3.8, 4) is 0 Å². The van der Waals surface area contributed by atoms with Gasteiger partial charge in [0.1, 0.15) is 5.82 Å². The van der Waals surface area contributed by atoms with E-state index in [-0.39, 0.29) is 36.1 Å². The van der Waals surface area contributed by atoms with Gasteiger partial charge in [-0.15, -0.1) is 0 Å². The van der Waals surface area contributed by atoms with Gasteiger partial charge in [0.05, 0.1) is 12.6 Å². The van der Waals surface area contributed by atoms with Gasteiger partial charge in [0.25, 0.3) is 0 Å². The molecule has 5 saturated heterocycles. The summed E-state index contributed by atoms with van der Waals surface area (Å²) in [4.78, 5) is 32.2. The standard InChI is InChI=1S/C23H30FN3O2/c24-18-7-5-16(6-8-18)19-14-27(22-17-9-12-25(13-10-17)23(19)22)21(29)15-26-11-3-1-2-4-20(26)28/h5-8,17,19,22-23H,1-4,9-15H2/t19-,22+,23+/m0/s1. The van der Waals surface area contributed by atoms with Crippen LogP contribution in [0.5, 0.6) is 0 Å². The summed E-state index contributed by atoms with van der Waals surface area (Å²) in [5, 5.41) is 0. The molecule has 5 nitrogen and oxygen atoms in total. The molecule has 1 aromatic rings. The summed E-state index contributed by atoms with van der Waals surface area (Å²) in [6.45, 7) is 3.77. The first kappa shape index (κ1) is 19.0. The lowest BCUT2D eigenvalue weighted by Crippen LogP contribution is -2.61. The van der Waals surface area contributed by atoms with Gasteiger partial charge in [-0.2, -0.15) is 0 Å². The Morgan fingerprint density at radius 3 is 2.52 bits per heavy atom. The van der Waals surface area contributed by atoms with Crippen LogP contribution in [0.3, 0.4) is 0 Å². The van der Waals surface area contributed by atoms with E-state index in [1.165, 1.54) is 12.1 Å². The van der Waals surface area contributed by atoms with Crippen molar-refractivity contribution in [2.45, 2.75) is 56.5 Å². The van der Waals surface area contributed by atoms with Crippen LogP contribution < -0.4 is 0 Å². The summed E-state index contributed by atoms with van der Waals surface area (Å²) >= 11 is 0. The van der Waals surface area contributed by atoms with E-state index in [0.717, 1.165) is 50.8 Å². The van der Waals surface area contributed by atoms with E-state index in [9.17, 15) is 14.0 Å². The van der Waals surface area contributed by atoms with Crippen LogP contribution in [0.1, 0.15) is 50.0 Å². The van der Waals surface area contributed by atoms with E-state index in [0.29, 0.717) is 31.5 Å². The third-order valence-electron chi connectivity index (χ3n) is 7.61. The summed E-state index contributed by atoms with van der Waals surface area (Å²) in [6, 6.07) is 7.36. The molecule has 29 heavy (non-hydrogen) atoms. The number of benzene rings is 1. The van der Waals surface area contributed by atoms with Crippen LogP contribution in [0.15, 0.2) is 24.3 Å². The Balaban J connectivity index is 1.39. The molecule has 0 spiro atoms. The maximum Gasteiger partial charge on any atom is 0.242 e. The number of halogens is 1. The molecule has 6 rings (SSSR count). The van der Waals surface area contributed by atoms with Crippen molar-refractivity contribution in [1.82, 2.24) is 14.7 Å². The van der Waals surface area contributed by atoms with Gasteiger partial charge in [0, 0.05) is 31.5 Å². The monoisotopic (exact) mass is 399 g/mol. The number of carbonyl (C=O) groups excluding carboxylic acids is 2. The highest BCUT2D eigenvalue weighted by Gasteiger charge is 2.54. The molecule has 5 fully saturated rings. The number of amides is 2. The normalized spacial score (nSPS) is 34.2. The zero-order valence-electron chi connectivity index (χ0n) is 16.9. The molecule has 5 aliphatic heterocycles. The van der Waals surface area contributed by atoms with Crippen molar-refractivity contribution in [3.05, 3.63) is 35.6 Å². The molecule has 3 atom stereocenters. The van der Waals surface area contributed by atoms with E-state index in [4.69, 9.17) is 0 Å². The number of piperidine rings is 3. The highest BCUT2D eigenvalue weighted by molar-refractivity contribution is 5.85. The van der Waals surface area contributed by atoms with Crippen molar-refractivity contribution in [2.24, 2.45) is 5.92 Å². The number of likely N-dealkylation sites (tertiary alicyclic amines) is 2. The van der Waals surface area contributed by atoms with Crippen LogP contribution in [0.4, 0.5) is 4.39 Å². The molecular formula is C23H30FN3O2. The number of rotatable bonds is 3.